The van der Waals surface area contributed by atoms with Crippen LogP contribution < -0.4 is 11.5 Å². The zero-order chi connectivity index (χ0) is 28.9. The van der Waals surface area contributed by atoms with E-state index in [1.165, 1.54) is 21.8 Å². The first kappa shape index (κ1) is 28.7. The number of imidazole rings is 2. The molecule has 20 heteroatoms. The molecule has 0 spiro atoms. The average Bonchev–Trinajstić information content (AvgIpc) is 3.66. The maximum absolute atomic E-state index is 10.0. The first-order valence-corrected chi connectivity index (χ1v) is 12.8. The van der Waals surface area contributed by atoms with Gasteiger partial charge in [0.05, 0.1) is 25.9 Å². The van der Waals surface area contributed by atoms with Crippen LogP contribution in [0, 0.1) is 0 Å². The molecule has 6 rings (SSSR count). The quantitative estimate of drug-likeness (QED) is 0.106. The van der Waals surface area contributed by atoms with E-state index >= 15 is 0 Å². The lowest BCUT2D eigenvalue weighted by Gasteiger charge is -2.16. The van der Waals surface area contributed by atoms with Crippen LogP contribution in [0.15, 0.2) is 17.4 Å². The SMILES string of the molecule is Nc1nc(Br)nc2c1ncn2[C@@H]1O[C@H](CO)[C@@H](O)[C@H]1O.Nc1nc(Cl)nc2c1ncn2[C@@H]1O[C@H](CO)[C@@H](O)[C@H]1O. The Morgan fingerprint density at radius 2 is 1.20 bits per heavy atom. The molecule has 4 aromatic heterocycles. The van der Waals surface area contributed by atoms with E-state index in [1.807, 2.05) is 0 Å². The number of anilines is 2. The molecule has 6 heterocycles. The molecule has 40 heavy (non-hydrogen) atoms. The zero-order valence-corrected chi connectivity index (χ0v) is 22.5. The Labute approximate surface area is 236 Å². The molecule has 0 aliphatic carbocycles. The Morgan fingerprint density at radius 1 is 0.750 bits per heavy atom. The molecule has 0 bridgehead atoms. The van der Waals surface area contributed by atoms with Crippen molar-refractivity contribution in [2.45, 2.75) is 49.1 Å². The van der Waals surface area contributed by atoms with E-state index in [-0.39, 0.29) is 27.3 Å². The van der Waals surface area contributed by atoms with Gasteiger partial charge in [-0.2, -0.15) is 9.97 Å². The van der Waals surface area contributed by atoms with Crippen molar-refractivity contribution in [2.75, 3.05) is 24.7 Å². The van der Waals surface area contributed by atoms with Gasteiger partial charge in [0.2, 0.25) is 10.0 Å². The fourth-order valence-electron chi connectivity index (χ4n) is 4.41. The van der Waals surface area contributed by atoms with E-state index in [9.17, 15) is 20.4 Å². The number of aliphatic hydroxyl groups is 6. The summed E-state index contributed by atoms with van der Waals surface area (Å²) in [6, 6.07) is 0. The average molecular weight is 648 g/mol. The molecule has 2 fully saturated rings. The molecule has 2 aliphatic rings. The Balaban J connectivity index is 0.000000161. The van der Waals surface area contributed by atoms with Crippen molar-refractivity contribution >= 4 is 61.5 Å². The third-order valence-corrected chi connectivity index (χ3v) is 6.95. The fraction of sp³-hybridized carbons (Fsp3) is 0.500. The first-order valence-electron chi connectivity index (χ1n) is 11.6. The zero-order valence-electron chi connectivity index (χ0n) is 20.2. The van der Waals surface area contributed by atoms with Crippen LogP contribution in [0.4, 0.5) is 11.6 Å². The summed E-state index contributed by atoms with van der Waals surface area (Å²) in [6.07, 6.45) is -5.71. The maximum atomic E-state index is 10.0. The van der Waals surface area contributed by atoms with Gasteiger partial charge in [-0.1, -0.05) is 0 Å². The second-order valence-electron chi connectivity index (χ2n) is 8.86. The number of aliphatic hydroxyl groups excluding tert-OH is 6. The van der Waals surface area contributed by atoms with Crippen LogP contribution in [0.5, 0.6) is 0 Å². The number of ether oxygens (including phenoxy) is 2. The maximum Gasteiger partial charge on any atom is 0.226 e. The number of hydrogen-bond acceptors (Lipinski definition) is 16. The van der Waals surface area contributed by atoms with E-state index in [2.05, 4.69) is 45.8 Å². The Kier molecular flexibility index (Phi) is 8.03. The van der Waals surface area contributed by atoms with E-state index < -0.39 is 62.3 Å². The highest BCUT2D eigenvalue weighted by atomic mass is 79.9. The van der Waals surface area contributed by atoms with Gasteiger partial charge in [-0.15, -0.1) is 0 Å². The number of hydrogen-bond donors (Lipinski definition) is 8. The third kappa shape index (κ3) is 4.93. The van der Waals surface area contributed by atoms with E-state index in [4.69, 9.17) is 42.8 Å². The second-order valence-corrected chi connectivity index (χ2v) is 9.91. The summed E-state index contributed by atoms with van der Waals surface area (Å²) in [6.45, 7) is -0.818. The number of rotatable bonds is 4. The Morgan fingerprint density at radius 3 is 1.65 bits per heavy atom. The van der Waals surface area contributed by atoms with Crippen molar-refractivity contribution in [2.24, 2.45) is 0 Å². The van der Waals surface area contributed by atoms with Gasteiger partial charge in [-0.3, -0.25) is 9.13 Å². The van der Waals surface area contributed by atoms with Gasteiger partial charge in [0.1, 0.15) is 47.7 Å². The van der Waals surface area contributed by atoms with Crippen molar-refractivity contribution in [3.05, 3.63) is 22.7 Å². The van der Waals surface area contributed by atoms with Gasteiger partial charge in [0, 0.05) is 0 Å². The largest absolute Gasteiger partial charge is 0.394 e. The topological polar surface area (TPSA) is 279 Å². The smallest absolute Gasteiger partial charge is 0.226 e. The summed E-state index contributed by atoms with van der Waals surface area (Å²) in [4.78, 5) is 23.9. The van der Waals surface area contributed by atoms with Gasteiger partial charge in [-0.05, 0) is 27.5 Å². The minimum absolute atomic E-state index is 0.0662. The summed E-state index contributed by atoms with van der Waals surface area (Å²) >= 11 is 8.87. The molecule has 0 aromatic carbocycles. The number of nitrogen functional groups attached to an aromatic ring is 2. The van der Waals surface area contributed by atoms with Gasteiger partial charge in [0.15, 0.2) is 35.4 Å². The first-order chi connectivity index (χ1) is 19.0. The summed E-state index contributed by atoms with van der Waals surface area (Å²) in [5.41, 5.74) is 12.7. The molecule has 0 saturated carbocycles. The van der Waals surface area contributed by atoms with Crippen LogP contribution in [0.1, 0.15) is 12.5 Å². The summed E-state index contributed by atoms with van der Waals surface area (Å²) in [5.74, 6) is 0.290. The molecule has 0 amide bonds. The minimum Gasteiger partial charge on any atom is -0.394 e. The third-order valence-electron chi connectivity index (χ3n) is 6.42. The van der Waals surface area contributed by atoms with E-state index in [0.29, 0.717) is 16.7 Å². The number of aromatic nitrogens is 8. The standard InChI is InChI=1S/C10H12BrN5O4.C10H12ClN5O4/c2*11-10-14-7(12)4-8(15-10)16(2-13-4)9-6(19)5(18)3(1-17)20-9/h2*2-3,5-6,9,17-19H,1H2,(H2,12,14,15)/t2*3-,5-,6-,9-/m11/s1. The van der Waals surface area contributed by atoms with Gasteiger partial charge in [-0.25, -0.2) is 19.9 Å². The van der Waals surface area contributed by atoms with Crippen molar-refractivity contribution in [3.63, 3.8) is 0 Å². The van der Waals surface area contributed by atoms with Crippen LogP contribution >= 0.6 is 27.5 Å². The minimum atomic E-state index is -1.24. The van der Waals surface area contributed by atoms with Crippen LogP contribution in [-0.2, 0) is 9.47 Å². The van der Waals surface area contributed by atoms with Gasteiger partial charge >= 0.3 is 0 Å². The van der Waals surface area contributed by atoms with Crippen LogP contribution in [0.2, 0.25) is 5.28 Å². The highest BCUT2D eigenvalue weighted by molar-refractivity contribution is 9.10. The Hall–Kier alpha value is -2.85. The monoisotopic (exact) mass is 646 g/mol. The molecule has 216 valence electrons. The van der Waals surface area contributed by atoms with Crippen LogP contribution in [0.3, 0.4) is 0 Å². The highest BCUT2D eigenvalue weighted by Crippen LogP contribution is 2.33. The highest BCUT2D eigenvalue weighted by Gasteiger charge is 2.45. The summed E-state index contributed by atoms with van der Waals surface area (Å²) in [5, 5.41) is 57.6. The lowest BCUT2D eigenvalue weighted by atomic mass is 10.1. The van der Waals surface area contributed by atoms with Crippen molar-refractivity contribution < 1.29 is 40.1 Å². The molecular weight excluding hydrogens is 624 g/mol. The normalized spacial score (nSPS) is 30.2. The molecule has 0 unspecified atom stereocenters. The number of nitrogens with zero attached hydrogens (tertiary/aromatic N) is 8. The van der Waals surface area contributed by atoms with Gasteiger partial charge < -0.3 is 51.6 Å². The van der Waals surface area contributed by atoms with Crippen LogP contribution in [0.25, 0.3) is 22.3 Å². The van der Waals surface area contributed by atoms with Crippen LogP contribution in [-0.4, -0.2) is 120 Å². The molecule has 8 atom stereocenters. The predicted octanol–water partition coefficient (Wildman–Crippen LogP) is -2.54. The molecule has 0 radical (unpaired) electrons. The molecule has 4 aromatic rings. The molecule has 2 aliphatic heterocycles. The molecule has 2 saturated heterocycles. The van der Waals surface area contributed by atoms with Crippen molar-refractivity contribution in [1.29, 1.82) is 0 Å². The summed E-state index contributed by atoms with van der Waals surface area (Å²) in [7, 11) is 0. The number of fused-ring (bicyclic) bond motifs is 2. The predicted molar refractivity (Wildman–Crippen MR) is 138 cm³/mol. The summed E-state index contributed by atoms with van der Waals surface area (Å²) < 4.78 is 13.9. The molecule has 18 nitrogen and oxygen atoms in total. The number of nitrogens with two attached hydrogens (primary N) is 2. The van der Waals surface area contributed by atoms with Crippen molar-refractivity contribution in [1.82, 2.24) is 39.0 Å². The van der Waals surface area contributed by atoms with E-state index in [1.54, 1.807) is 0 Å². The Bertz CT molecular complexity index is 1410. The van der Waals surface area contributed by atoms with Crippen molar-refractivity contribution in [3.8, 4) is 0 Å². The second kappa shape index (κ2) is 11.2. The lowest BCUT2D eigenvalue weighted by Crippen LogP contribution is -2.33. The van der Waals surface area contributed by atoms with Gasteiger partial charge in [0.25, 0.3) is 0 Å². The molecular formula is C20H24BrClN10O8. The van der Waals surface area contributed by atoms with E-state index in [0.717, 1.165) is 0 Å². The lowest BCUT2D eigenvalue weighted by molar-refractivity contribution is -0.0511. The number of halogens is 2. The molecule has 10 N–H and O–H groups in total. The fourth-order valence-corrected chi connectivity index (χ4v) is 4.94.